The van der Waals surface area contributed by atoms with E-state index in [4.69, 9.17) is 0 Å². The maximum Gasteiger partial charge on any atom is 0.0739 e. The van der Waals surface area contributed by atoms with Gasteiger partial charge in [-0.15, -0.1) is 0 Å². The molecule has 0 saturated carbocycles. The van der Waals surface area contributed by atoms with Gasteiger partial charge in [-0.2, -0.15) is 5.10 Å². The topological polar surface area (TPSA) is 34.0 Å². The first kappa shape index (κ1) is 14.2. The van der Waals surface area contributed by atoms with Crippen molar-refractivity contribution in [2.24, 2.45) is 0 Å². The summed E-state index contributed by atoms with van der Waals surface area (Å²) in [6, 6.07) is 4.07. The van der Waals surface area contributed by atoms with Gasteiger partial charge in [0, 0.05) is 32.0 Å². The zero-order chi connectivity index (χ0) is 13.8. The van der Waals surface area contributed by atoms with E-state index in [0.29, 0.717) is 0 Å². The maximum absolute atomic E-state index is 4.52. The third kappa shape index (κ3) is 3.42. The van der Waals surface area contributed by atoms with Crippen LogP contribution in [0.3, 0.4) is 0 Å². The Morgan fingerprint density at radius 2 is 2.16 bits per heavy atom. The van der Waals surface area contributed by atoms with E-state index in [2.05, 4.69) is 55.6 Å². The van der Waals surface area contributed by atoms with E-state index in [9.17, 15) is 0 Å². The molecule has 2 heterocycles. The van der Waals surface area contributed by atoms with E-state index in [1.54, 1.807) is 6.20 Å². The van der Waals surface area contributed by atoms with Gasteiger partial charge in [-0.1, -0.05) is 6.07 Å². The van der Waals surface area contributed by atoms with E-state index in [1.807, 2.05) is 19.2 Å². The smallest absolute Gasteiger partial charge is 0.0739 e. The molecule has 2 aromatic rings. The Morgan fingerprint density at radius 3 is 2.79 bits per heavy atom. The average Bonchev–Trinajstić information content (AvgIpc) is 2.67. The number of nitrogens with zero attached hydrogens (tertiary/aromatic N) is 4. The summed E-state index contributed by atoms with van der Waals surface area (Å²) >= 11 is 3.63. The first-order chi connectivity index (χ1) is 9.11. The fourth-order valence-electron chi connectivity index (χ4n) is 2.13. The number of hydrogen-bond acceptors (Lipinski definition) is 3. The standard InChI is InChI=1S/C14H19BrN4/c1-4-19-13(14(15)11(2)17-19)10-18(3)9-12-6-5-7-16-8-12/h5-8H,4,9-10H2,1-3H3. The molecule has 0 aliphatic heterocycles. The largest absolute Gasteiger partial charge is 0.296 e. The Kier molecular flexibility index (Phi) is 4.71. The number of aromatic nitrogens is 3. The maximum atomic E-state index is 4.52. The Morgan fingerprint density at radius 1 is 1.37 bits per heavy atom. The van der Waals surface area contributed by atoms with Crippen molar-refractivity contribution < 1.29 is 0 Å². The molecule has 0 saturated heterocycles. The van der Waals surface area contributed by atoms with Crippen molar-refractivity contribution in [3.8, 4) is 0 Å². The van der Waals surface area contributed by atoms with Crippen LogP contribution >= 0.6 is 15.9 Å². The Labute approximate surface area is 122 Å². The Hall–Kier alpha value is -1.20. The van der Waals surface area contributed by atoms with Crippen LogP contribution in [0.1, 0.15) is 23.9 Å². The number of hydrogen-bond donors (Lipinski definition) is 0. The first-order valence-corrected chi connectivity index (χ1v) is 7.20. The molecule has 102 valence electrons. The van der Waals surface area contributed by atoms with Crippen molar-refractivity contribution in [3.63, 3.8) is 0 Å². The summed E-state index contributed by atoms with van der Waals surface area (Å²) in [6.45, 7) is 6.78. The SMILES string of the molecule is CCn1nc(C)c(Br)c1CN(C)Cc1cccnc1. The molecule has 0 fully saturated rings. The molecule has 0 radical (unpaired) electrons. The van der Waals surface area contributed by atoms with E-state index in [0.717, 1.165) is 29.8 Å². The van der Waals surface area contributed by atoms with Gasteiger partial charge in [-0.25, -0.2) is 0 Å². The minimum Gasteiger partial charge on any atom is -0.296 e. The van der Waals surface area contributed by atoms with Crippen LogP contribution in [-0.2, 0) is 19.6 Å². The van der Waals surface area contributed by atoms with Crippen molar-refractivity contribution in [1.82, 2.24) is 19.7 Å². The van der Waals surface area contributed by atoms with Crippen LogP contribution < -0.4 is 0 Å². The molecular weight excluding hydrogens is 304 g/mol. The molecule has 0 unspecified atom stereocenters. The summed E-state index contributed by atoms with van der Waals surface area (Å²) in [5.41, 5.74) is 3.50. The first-order valence-electron chi connectivity index (χ1n) is 6.41. The van der Waals surface area contributed by atoms with Crippen molar-refractivity contribution >= 4 is 15.9 Å². The highest BCUT2D eigenvalue weighted by molar-refractivity contribution is 9.10. The number of aryl methyl sites for hydroxylation is 2. The minimum atomic E-state index is 0.865. The number of pyridine rings is 1. The fraction of sp³-hybridized carbons (Fsp3) is 0.429. The fourth-order valence-corrected chi connectivity index (χ4v) is 2.54. The van der Waals surface area contributed by atoms with Crippen molar-refractivity contribution in [3.05, 3.63) is 46.0 Å². The van der Waals surface area contributed by atoms with Gasteiger partial charge in [-0.05, 0) is 48.5 Å². The zero-order valence-electron chi connectivity index (χ0n) is 11.6. The third-order valence-corrected chi connectivity index (χ3v) is 4.08. The molecule has 0 aromatic carbocycles. The van der Waals surface area contributed by atoms with Crippen LogP contribution in [0.2, 0.25) is 0 Å². The molecule has 0 aliphatic carbocycles. The molecule has 0 N–H and O–H groups in total. The van der Waals surface area contributed by atoms with Gasteiger partial charge < -0.3 is 0 Å². The van der Waals surface area contributed by atoms with Crippen molar-refractivity contribution in [2.45, 2.75) is 33.5 Å². The van der Waals surface area contributed by atoms with Crippen LogP contribution in [0.4, 0.5) is 0 Å². The van der Waals surface area contributed by atoms with Crippen LogP contribution in [-0.4, -0.2) is 26.7 Å². The Balaban J connectivity index is 2.09. The molecule has 0 aliphatic rings. The lowest BCUT2D eigenvalue weighted by molar-refractivity contribution is 0.306. The van der Waals surface area contributed by atoms with E-state index >= 15 is 0 Å². The molecule has 4 nitrogen and oxygen atoms in total. The van der Waals surface area contributed by atoms with Crippen LogP contribution in [0.25, 0.3) is 0 Å². The lowest BCUT2D eigenvalue weighted by atomic mass is 10.2. The minimum absolute atomic E-state index is 0.865. The predicted molar refractivity (Wildman–Crippen MR) is 79.7 cm³/mol. The molecule has 0 amide bonds. The monoisotopic (exact) mass is 322 g/mol. The zero-order valence-corrected chi connectivity index (χ0v) is 13.2. The molecule has 19 heavy (non-hydrogen) atoms. The highest BCUT2D eigenvalue weighted by Gasteiger charge is 2.13. The summed E-state index contributed by atoms with van der Waals surface area (Å²) in [5.74, 6) is 0. The highest BCUT2D eigenvalue weighted by Crippen LogP contribution is 2.22. The molecule has 0 spiro atoms. The average molecular weight is 323 g/mol. The van der Waals surface area contributed by atoms with Crippen molar-refractivity contribution in [2.75, 3.05) is 7.05 Å². The summed E-state index contributed by atoms with van der Waals surface area (Å²) < 4.78 is 3.17. The third-order valence-electron chi connectivity index (χ3n) is 3.05. The van der Waals surface area contributed by atoms with Crippen molar-refractivity contribution in [1.29, 1.82) is 0 Å². The summed E-state index contributed by atoms with van der Waals surface area (Å²) in [5, 5.41) is 4.52. The molecule has 2 rings (SSSR count). The summed E-state index contributed by atoms with van der Waals surface area (Å²) in [7, 11) is 2.11. The lowest BCUT2D eigenvalue weighted by Crippen LogP contribution is -2.20. The van der Waals surface area contributed by atoms with Gasteiger partial charge in [0.15, 0.2) is 0 Å². The molecule has 0 atom stereocenters. The van der Waals surface area contributed by atoms with Gasteiger partial charge in [0.05, 0.1) is 15.9 Å². The molecule has 5 heteroatoms. The van der Waals surface area contributed by atoms with Crippen LogP contribution in [0.5, 0.6) is 0 Å². The second kappa shape index (κ2) is 6.30. The van der Waals surface area contributed by atoms with E-state index in [1.165, 1.54) is 11.3 Å². The number of halogens is 1. The van der Waals surface area contributed by atoms with Gasteiger partial charge in [0.25, 0.3) is 0 Å². The second-order valence-electron chi connectivity index (χ2n) is 4.70. The highest BCUT2D eigenvalue weighted by atomic mass is 79.9. The van der Waals surface area contributed by atoms with Gasteiger partial charge >= 0.3 is 0 Å². The van der Waals surface area contributed by atoms with Gasteiger partial charge in [-0.3, -0.25) is 14.6 Å². The number of rotatable bonds is 5. The Bertz CT molecular complexity index is 536. The lowest BCUT2D eigenvalue weighted by Gasteiger charge is -2.17. The summed E-state index contributed by atoms with van der Waals surface area (Å²) in [6.07, 6.45) is 3.71. The van der Waals surface area contributed by atoms with Gasteiger partial charge in [0.1, 0.15) is 0 Å². The quantitative estimate of drug-likeness (QED) is 0.848. The van der Waals surface area contributed by atoms with Crippen LogP contribution in [0, 0.1) is 6.92 Å². The van der Waals surface area contributed by atoms with Crippen LogP contribution in [0.15, 0.2) is 29.0 Å². The molecule has 2 aromatic heterocycles. The second-order valence-corrected chi connectivity index (χ2v) is 5.49. The summed E-state index contributed by atoms with van der Waals surface area (Å²) in [4.78, 5) is 6.41. The van der Waals surface area contributed by atoms with Gasteiger partial charge in [0.2, 0.25) is 0 Å². The normalized spacial score (nSPS) is 11.2. The van der Waals surface area contributed by atoms with E-state index in [-0.39, 0.29) is 0 Å². The molecular formula is C14H19BrN4. The molecule has 0 bridgehead atoms. The predicted octanol–water partition coefficient (Wildman–Crippen LogP) is 3.00. The van der Waals surface area contributed by atoms with E-state index < -0.39 is 0 Å².